The molecule has 0 radical (unpaired) electrons. The highest BCUT2D eigenvalue weighted by atomic mass is 32.2. The summed E-state index contributed by atoms with van der Waals surface area (Å²) in [7, 11) is 1.68. The van der Waals surface area contributed by atoms with Gasteiger partial charge in [-0.05, 0) is 11.3 Å². The lowest BCUT2D eigenvalue weighted by atomic mass is 9.99. The molecule has 0 amide bonds. The summed E-state index contributed by atoms with van der Waals surface area (Å²) in [6, 6.07) is 20.2. The SMILES string of the molecule is CCS[C@H]1[C@H](OC)O[C@@H]2COC(c3ccccc3)O[C@H]2[C@@H]1OCc1ccccc1. The Morgan fingerprint density at radius 3 is 2.41 bits per heavy atom. The fourth-order valence-corrected chi connectivity index (χ4v) is 4.98. The van der Waals surface area contributed by atoms with Crippen molar-refractivity contribution in [3.63, 3.8) is 0 Å². The topological polar surface area (TPSA) is 46.2 Å². The van der Waals surface area contributed by atoms with Crippen LogP contribution in [0.3, 0.4) is 0 Å². The molecule has 2 aliphatic rings. The van der Waals surface area contributed by atoms with Crippen molar-refractivity contribution in [2.24, 2.45) is 0 Å². The van der Waals surface area contributed by atoms with Crippen LogP contribution in [0.2, 0.25) is 0 Å². The van der Waals surface area contributed by atoms with Crippen molar-refractivity contribution in [1.29, 1.82) is 0 Å². The third-order valence-corrected chi connectivity index (χ3v) is 6.44. The molecule has 0 bridgehead atoms. The number of hydrogen-bond acceptors (Lipinski definition) is 6. The molecule has 0 spiro atoms. The standard InChI is InChI=1S/C23H28O5S/c1-3-29-21-20(25-14-16-10-6-4-7-11-16)19-18(27-23(21)24-2)15-26-22(28-19)17-12-8-5-9-13-17/h4-13,18-23H,3,14-15H2,1-2H3/t18-,19-,20+,21-,22?,23-/m1/s1. The summed E-state index contributed by atoms with van der Waals surface area (Å²) in [5.41, 5.74) is 2.14. The second-order valence-electron chi connectivity index (χ2n) is 7.14. The molecule has 0 N–H and O–H groups in total. The highest BCUT2D eigenvalue weighted by molar-refractivity contribution is 7.99. The van der Waals surface area contributed by atoms with Crippen molar-refractivity contribution in [3.05, 3.63) is 71.8 Å². The van der Waals surface area contributed by atoms with Crippen molar-refractivity contribution in [3.8, 4) is 0 Å². The minimum atomic E-state index is -0.421. The Bertz CT molecular complexity index is 743. The van der Waals surface area contributed by atoms with Gasteiger partial charge >= 0.3 is 0 Å². The zero-order chi connectivity index (χ0) is 20.1. The average molecular weight is 417 g/mol. The molecule has 0 saturated carbocycles. The Labute approximate surface area is 176 Å². The third-order valence-electron chi connectivity index (χ3n) is 5.23. The van der Waals surface area contributed by atoms with E-state index in [1.165, 1.54) is 0 Å². The maximum Gasteiger partial charge on any atom is 0.184 e. The first kappa shape index (κ1) is 20.8. The van der Waals surface area contributed by atoms with E-state index in [0.717, 1.165) is 16.9 Å². The Hall–Kier alpha value is -1.41. The van der Waals surface area contributed by atoms with E-state index in [0.29, 0.717) is 13.2 Å². The minimum absolute atomic E-state index is 0.0180. The molecule has 2 saturated heterocycles. The summed E-state index contributed by atoms with van der Waals surface area (Å²) < 4.78 is 30.7. The lowest BCUT2D eigenvalue weighted by molar-refractivity contribution is -0.337. The van der Waals surface area contributed by atoms with Gasteiger partial charge in [0.15, 0.2) is 12.6 Å². The zero-order valence-electron chi connectivity index (χ0n) is 16.8. The van der Waals surface area contributed by atoms with E-state index in [2.05, 4.69) is 19.1 Å². The van der Waals surface area contributed by atoms with Crippen LogP contribution in [0.15, 0.2) is 60.7 Å². The lowest BCUT2D eigenvalue weighted by Crippen LogP contribution is -2.61. The third kappa shape index (κ3) is 4.85. The maximum atomic E-state index is 6.46. The highest BCUT2D eigenvalue weighted by Gasteiger charge is 2.50. The molecule has 5 nitrogen and oxygen atoms in total. The van der Waals surface area contributed by atoms with Gasteiger partial charge < -0.3 is 23.7 Å². The van der Waals surface area contributed by atoms with E-state index in [1.807, 2.05) is 48.5 Å². The quantitative estimate of drug-likeness (QED) is 0.675. The van der Waals surface area contributed by atoms with Gasteiger partial charge in [0, 0.05) is 12.7 Å². The molecule has 0 aromatic heterocycles. The molecule has 2 aliphatic heterocycles. The molecule has 156 valence electrons. The minimum Gasteiger partial charge on any atom is -0.369 e. The number of methoxy groups -OCH3 is 1. The van der Waals surface area contributed by atoms with E-state index in [-0.39, 0.29) is 29.9 Å². The van der Waals surface area contributed by atoms with Gasteiger partial charge in [0.1, 0.15) is 18.3 Å². The number of ether oxygens (including phenoxy) is 5. The molecule has 6 heteroatoms. The van der Waals surface area contributed by atoms with Crippen molar-refractivity contribution < 1.29 is 23.7 Å². The maximum absolute atomic E-state index is 6.46. The predicted octanol–water partition coefficient (Wildman–Crippen LogP) is 4.18. The van der Waals surface area contributed by atoms with Crippen molar-refractivity contribution in [2.45, 2.75) is 49.7 Å². The summed E-state index contributed by atoms with van der Waals surface area (Å²) in [4.78, 5) is 0. The van der Waals surface area contributed by atoms with Gasteiger partial charge in [-0.3, -0.25) is 0 Å². The number of fused-ring (bicyclic) bond motifs is 1. The number of thioether (sulfide) groups is 1. The number of hydrogen-bond donors (Lipinski definition) is 0. The van der Waals surface area contributed by atoms with E-state index < -0.39 is 6.29 Å². The smallest absolute Gasteiger partial charge is 0.184 e. The van der Waals surface area contributed by atoms with Gasteiger partial charge in [0.05, 0.1) is 18.5 Å². The largest absolute Gasteiger partial charge is 0.369 e. The Balaban J connectivity index is 1.55. The van der Waals surface area contributed by atoms with E-state index in [1.54, 1.807) is 18.9 Å². The van der Waals surface area contributed by atoms with Crippen molar-refractivity contribution >= 4 is 11.8 Å². The first-order valence-corrected chi connectivity index (χ1v) is 11.1. The molecule has 6 atom stereocenters. The van der Waals surface area contributed by atoms with Crippen LogP contribution in [0.5, 0.6) is 0 Å². The summed E-state index contributed by atoms with van der Waals surface area (Å²) in [6.07, 6.45) is -1.40. The number of benzene rings is 2. The van der Waals surface area contributed by atoms with Crippen molar-refractivity contribution in [2.75, 3.05) is 19.5 Å². The van der Waals surface area contributed by atoms with E-state index in [9.17, 15) is 0 Å². The predicted molar refractivity (Wildman–Crippen MR) is 113 cm³/mol. The molecular weight excluding hydrogens is 388 g/mol. The first-order valence-electron chi connectivity index (χ1n) is 10.1. The van der Waals surface area contributed by atoms with Crippen LogP contribution in [0.1, 0.15) is 24.3 Å². The number of rotatable bonds is 7. The molecule has 0 aliphatic carbocycles. The second kappa shape index (κ2) is 10.1. The van der Waals surface area contributed by atoms with Crippen LogP contribution in [0.25, 0.3) is 0 Å². The molecule has 2 aromatic rings. The van der Waals surface area contributed by atoms with Crippen LogP contribution in [0, 0.1) is 0 Å². The van der Waals surface area contributed by atoms with E-state index >= 15 is 0 Å². The molecule has 2 fully saturated rings. The normalized spacial score (nSPS) is 31.9. The van der Waals surface area contributed by atoms with Gasteiger partial charge in [0.2, 0.25) is 0 Å². The first-order chi connectivity index (χ1) is 14.3. The summed E-state index contributed by atoms with van der Waals surface area (Å²) in [6.45, 7) is 3.10. The van der Waals surface area contributed by atoms with Gasteiger partial charge in [0.25, 0.3) is 0 Å². The molecule has 1 unspecified atom stereocenters. The van der Waals surface area contributed by atoms with Crippen LogP contribution in [0.4, 0.5) is 0 Å². The van der Waals surface area contributed by atoms with Crippen molar-refractivity contribution in [1.82, 2.24) is 0 Å². The van der Waals surface area contributed by atoms with Crippen LogP contribution < -0.4 is 0 Å². The molecular formula is C23H28O5S. The average Bonchev–Trinajstić information content (AvgIpc) is 2.79. The van der Waals surface area contributed by atoms with Gasteiger partial charge in [-0.1, -0.05) is 67.6 Å². The fourth-order valence-electron chi connectivity index (χ4n) is 3.84. The summed E-state index contributed by atoms with van der Waals surface area (Å²) >= 11 is 1.79. The molecule has 4 rings (SSSR count). The Morgan fingerprint density at radius 1 is 1.00 bits per heavy atom. The van der Waals surface area contributed by atoms with Gasteiger partial charge in [-0.25, -0.2) is 0 Å². The summed E-state index contributed by atoms with van der Waals surface area (Å²) in [5, 5.41) is 0.0180. The Kier molecular flexibility index (Phi) is 7.24. The lowest BCUT2D eigenvalue weighted by Gasteiger charge is -2.48. The van der Waals surface area contributed by atoms with Crippen LogP contribution >= 0.6 is 11.8 Å². The second-order valence-corrected chi connectivity index (χ2v) is 8.59. The highest BCUT2D eigenvalue weighted by Crippen LogP contribution is 2.39. The van der Waals surface area contributed by atoms with Gasteiger partial charge in [-0.15, -0.1) is 0 Å². The molecule has 2 heterocycles. The Morgan fingerprint density at radius 2 is 1.72 bits per heavy atom. The summed E-state index contributed by atoms with van der Waals surface area (Å²) in [5.74, 6) is 0.940. The molecule has 2 aromatic carbocycles. The van der Waals surface area contributed by atoms with Crippen LogP contribution in [-0.4, -0.2) is 49.3 Å². The monoisotopic (exact) mass is 416 g/mol. The fraction of sp³-hybridized carbons (Fsp3) is 0.478. The van der Waals surface area contributed by atoms with Crippen LogP contribution in [-0.2, 0) is 30.3 Å². The molecule has 29 heavy (non-hydrogen) atoms. The zero-order valence-corrected chi connectivity index (χ0v) is 17.6. The van der Waals surface area contributed by atoms with Gasteiger partial charge in [-0.2, -0.15) is 11.8 Å². The van der Waals surface area contributed by atoms with E-state index in [4.69, 9.17) is 23.7 Å².